The Morgan fingerprint density at radius 3 is 2.78 bits per heavy atom. The number of aromatic nitrogens is 2. The molecule has 2 heterocycles. The minimum absolute atomic E-state index is 0.0348. The molecule has 0 spiro atoms. The zero-order valence-electron chi connectivity index (χ0n) is 12.4. The fourth-order valence-corrected chi connectivity index (χ4v) is 4.02. The Hall–Kier alpha value is -1.99. The lowest BCUT2D eigenvalue weighted by molar-refractivity contribution is -0.116. The second kappa shape index (κ2) is 7.06. The molecule has 118 valence electrons. The van der Waals surface area contributed by atoms with Crippen LogP contribution in [0.1, 0.15) is 6.92 Å². The lowest BCUT2D eigenvalue weighted by Gasteiger charge is -2.20. The Balaban J connectivity index is 1.72. The summed E-state index contributed by atoms with van der Waals surface area (Å²) in [5, 5.41) is 2.77. The van der Waals surface area contributed by atoms with Crippen molar-refractivity contribution in [3.05, 3.63) is 47.9 Å². The van der Waals surface area contributed by atoms with Crippen LogP contribution in [0, 0.1) is 5.82 Å². The number of benzene rings is 1. The molecule has 0 bridgehead atoms. The number of halogens is 1. The molecular formula is C16H14FN3OS2. The summed E-state index contributed by atoms with van der Waals surface area (Å²) in [6.07, 6.45) is 1.51. The van der Waals surface area contributed by atoms with Gasteiger partial charge in [0, 0.05) is 12.2 Å². The standard InChI is InChI=1S/C16H14FN3OS2/c1-2-20(12-5-3-11(17)4-6-12)14(21)9-23-16-15-13(7-8-22-15)18-10-19-16/h3-8,10H,2,9H2,1H3. The van der Waals surface area contributed by atoms with Crippen molar-refractivity contribution < 1.29 is 9.18 Å². The number of amides is 1. The highest BCUT2D eigenvalue weighted by molar-refractivity contribution is 8.00. The van der Waals surface area contributed by atoms with Crippen LogP contribution in [0.2, 0.25) is 0 Å². The summed E-state index contributed by atoms with van der Waals surface area (Å²) in [6.45, 7) is 2.43. The van der Waals surface area contributed by atoms with Gasteiger partial charge in [0.15, 0.2) is 0 Å². The lowest BCUT2D eigenvalue weighted by Crippen LogP contribution is -2.32. The Morgan fingerprint density at radius 1 is 1.26 bits per heavy atom. The normalized spacial score (nSPS) is 10.9. The summed E-state index contributed by atoms with van der Waals surface area (Å²) in [6, 6.07) is 7.88. The van der Waals surface area contributed by atoms with Gasteiger partial charge in [0.05, 0.1) is 16.0 Å². The van der Waals surface area contributed by atoms with Gasteiger partial charge in [-0.1, -0.05) is 11.8 Å². The summed E-state index contributed by atoms with van der Waals surface area (Å²) < 4.78 is 14.0. The van der Waals surface area contributed by atoms with Crippen molar-refractivity contribution in [1.29, 1.82) is 0 Å². The summed E-state index contributed by atoms with van der Waals surface area (Å²) in [5.41, 5.74) is 1.59. The van der Waals surface area contributed by atoms with Crippen molar-refractivity contribution in [2.24, 2.45) is 0 Å². The molecule has 2 aromatic heterocycles. The molecule has 1 amide bonds. The van der Waals surface area contributed by atoms with Crippen molar-refractivity contribution >= 4 is 44.9 Å². The maximum atomic E-state index is 13.0. The Morgan fingerprint density at radius 2 is 2.04 bits per heavy atom. The molecule has 23 heavy (non-hydrogen) atoms. The van der Waals surface area contributed by atoms with Crippen molar-refractivity contribution in [2.45, 2.75) is 11.9 Å². The van der Waals surface area contributed by atoms with Crippen LogP contribution >= 0.6 is 23.1 Å². The summed E-state index contributed by atoms with van der Waals surface area (Å²) in [7, 11) is 0. The highest BCUT2D eigenvalue weighted by Gasteiger charge is 2.16. The third-order valence-corrected chi connectivity index (χ3v) is 5.31. The molecule has 0 aliphatic carbocycles. The molecule has 0 aliphatic heterocycles. The van der Waals surface area contributed by atoms with E-state index in [0.29, 0.717) is 12.2 Å². The van der Waals surface area contributed by atoms with Gasteiger partial charge in [-0.15, -0.1) is 11.3 Å². The predicted molar refractivity (Wildman–Crippen MR) is 92.6 cm³/mol. The molecule has 0 fully saturated rings. The number of thioether (sulfide) groups is 1. The highest BCUT2D eigenvalue weighted by Crippen LogP contribution is 2.29. The number of fused-ring (bicyclic) bond motifs is 1. The van der Waals surface area contributed by atoms with Gasteiger partial charge in [0.1, 0.15) is 17.2 Å². The first kappa shape index (κ1) is 15.9. The van der Waals surface area contributed by atoms with E-state index < -0.39 is 0 Å². The Kier molecular flexibility index (Phi) is 4.88. The van der Waals surface area contributed by atoms with Crippen molar-refractivity contribution in [2.75, 3.05) is 17.2 Å². The number of carbonyl (C=O) groups is 1. The van der Waals surface area contributed by atoms with E-state index in [1.165, 1.54) is 30.2 Å². The van der Waals surface area contributed by atoms with E-state index >= 15 is 0 Å². The van der Waals surface area contributed by atoms with Gasteiger partial charge in [-0.25, -0.2) is 14.4 Å². The summed E-state index contributed by atoms with van der Waals surface area (Å²) in [5.74, 6) is -0.0741. The Bertz CT molecular complexity index is 820. The zero-order valence-corrected chi connectivity index (χ0v) is 14.0. The van der Waals surface area contributed by atoms with Crippen LogP contribution in [-0.2, 0) is 4.79 Å². The van der Waals surface area contributed by atoms with Crippen molar-refractivity contribution in [3.8, 4) is 0 Å². The van der Waals surface area contributed by atoms with E-state index in [4.69, 9.17) is 0 Å². The minimum Gasteiger partial charge on any atom is -0.312 e. The number of anilines is 1. The molecule has 0 saturated carbocycles. The molecule has 0 unspecified atom stereocenters. The third kappa shape index (κ3) is 3.51. The van der Waals surface area contributed by atoms with Crippen LogP contribution in [0.5, 0.6) is 0 Å². The van der Waals surface area contributed by atoms with E-state index in [9.17, 15) is 9.18 Å². The SMILES string of the molecule is CCN(C(=O)CSc1ncnc2ccsc12)c1ccc(F)cc1. The molecule has 0 aliphatic rings. The molecule has 3 aromatic rings. The van der Waals surface area contributed by atoms with Gasteiger partial charge < -0.3 is 4.90 Å². The molecular weight excluding hydrogens is 333 g/mol. The second-order valence-corrected chi connectivity index (χ2v) is 6.60. The molecule has 0 N–H and O–H groups in total. The average molecular weight is 347 g/mol. The van der Waals surface area contributed by atoms with E-state index in [-0.39, 0.29) is 17.5 Å². The molecule has 0 saturated heterocycles. The van der Waals surface area contributed by atoms with Gasteiger partial charge >= 0.3 is 0 Å². The molecule has 7 heteroatoms. The maximum Gasteiger partial charge on any atom is 0.237 e. The third-order valence-electron chi connectivity index (χ3n) is 3.30. The fraction of sp³-hybridized carbons (Fsp3) is 0.188. The number of thiophene rings is 1. The van der Waals surface area contributed by atoms with Crippen LogP contribution in [0.15, 0.2) is 47.1 Å². The number of hydrogen-bond acceptors (Lipinski definition) is 5. The first-order valence-corrected chi connectivity index (χ1v) is 8.92. The van der Waals surface area contributed by atoms with Gasteiger partial charge in [0.25, 0.3) is 0 Å². The summed E-state index contributed by atoms with van der Waals surface area (Å²) in [4.78, 5) is 22.6. The van der Waals surface area contributed by atoms with E-state index in [1.807, 2.05) is 18.4 Å². The first-order valence-electron chi connectivity index (χ1n) is 7.06. The van der Waals surface area contributed by atoms with Crippen LogP contribution in [0.3, 0.4) is 0 Å². The van der Waals surface area contributed by atoms with E-state index in [0.717, 1.165) is 15.2 Å². The van der Waals surface area contributed by atoms with Crippen molar-refractivity contribution in [1.82, 2.24) is 9.97 Å². The zero-order chi connectivity index (χ0) is 16.2. The lowest BCUT2D eigenvalue weighted by atomic mass is 10.3. The molecule has 1 aromatic carbocycles. The number of carbonyl (C=O) groups excluding carboxylic acids is 1. The Labute approximate surface area is 141 Å². The maximum absolute atomic E-state index is 13.0. The fourth-order valence-electron chi connectivity index (χ4n) is 2.20. The molecule has 0 radical (unpaired) electrons. The van der Waals surface area contributed by atoms with Gasteiger partial charge in [0.2, 0.25) is 5.91 Å². The number of rotatable bonds is 5. The second-order valence-electron chi connectivity index (χ2n) is 4.72. The van der Waals surface area contributed by atoms with Crippen LogP contribution in [0.25, 0.3) is 10.2 Å². The van der Waals surface area contributed by atoms with Crippen LogP contribution in [-0.4, -0.2) is 28.2 Å². The van der Waals surface area contributed by atoms with Gasteiger partial charge in [-0.3, -0.25) is 4.79 Å². The van der Waals surface area contributed by atoms with Crippen LogP contribution in [0.4, 0.5) is 10.1 Å². The number of nitrogens with zero attached hydrogens (tertiary/aromatic N) is 3. The van der Waals surface area contributed by atoms with Gasteiger partial charge in [-0.05, 0) is 42.6 Å². The van der Waals surface area contributed by atoms with E-state index in [2.05, 4.69) is 9.97 Å². The monoisotopic (exact) mass is 347 g/mol. The summed E-state index contributed by atoms with van der Waals surface area (Å²) >= 11 is 2.96. The predicted octanol–water partition coefficient (Wildman–Crippen LogP) is 3.98. The molecule has 4 nitrogen and oxygen atoms in total. The quantitative estimate of drug-likeness (QED) is 0.517. The largest absolute Gasteiger partial charge is 0.312 e. The average Bonchev–Trinajstić information content (AvgIpc) is 3.04. The first-order chi connectivity index (χ1) is 11.2. The smallest absolute Gasteiger partial charge is 0.237 e. The molecule has 0 atom stereocenters. The topological polar surface area (TPSA) is 46.1 Å². The molecule has 3 rings (SSSR count). The van der Waals surface area contributed by atoms with Gasteiger partial charge in [-0.2, -0.15) is 0 Å². The number of hydrogen-bond donors (Lipinski definition) is 0. The van der Waals surface area contributed by atoms with E-state index in [1.54, 1.807) is 28.4 Å². The van der Waals surface area contributed by atoms with Crippen molar-refractivity contribution in [3.63, 3.8) is 0 Å². The highest BCUT2D eigenvalue weighted by atomic mass is 32.2. The minimum atomic E-state index is -0.312. The van der Waals surface area contributed by atoms with Crippen LogP contribution < -0.4 is 4.90 Å².